The Hall–Kier alpha value is -2.72. The highest BCUT2D eigenvalue weighted by Gasteiger charge is 2.50. The third-order valence-corrected chi connectivity index (χ3v) is 5.72. The number of nitrogens with zero attached hydrogens (tertiary/aromatic N) is 5. The normalized spacial score (nSPS) is 27.5. The van der Waals surface area contributed by atoms with Crippen molar-refractivity contribution in [1.82, 2.24) is 19.9 Å². The number of carbonyl (C=O) groups excluding carboxylic acids is 1. The van der Waals surface area contributed by atoms with Crippen molar-refractivity contribution in [1.29, 1.82) is 5.26 Å². The van der Waals surface area contributed by atoms with E-state index in [1.54, 1.807) is 30.6 Å². The summed E-state index contributed by atoms with van der Waals surface area (Å²) < 4.78 is 0. The van der Waals surface area contributed by atoms with Gasteiger partial charge in [-0.2, -0.15) is 20.3 Å². The number of hydrogen-bond donors (Lipinski definition) is 1. The van der Waals surface area contributed by atoms with E-state index < -0.39 is 0 Å². The van der Waals surface area contributed by atoms with Gasteiger partial charge in [0.05, 0.1) is 35.3 Å². The number of carbonyl (C=O) groups is 1. The summed E-state index contributed by atoms with van der Waals surface area (Å²) in [4.78, 5) is 16.8. The van der Waals surface area contributed by atoms with Gasteiger partial charge in [-0.25, -0.2) is 0 Å². The number of nitriles is 1. The van der Waals surface area contributed by atoms with E-state index in [1.807, 2.05) is 4.90 Å². The molecule has 3 aliphatic rings. The molecule has 2 saturated heterocycles. The van der Waals surface area contributed by atoms with Crippen LogP contribution in [0.4, 0.5) is 0 Å². The number of fused-ring (bicyclic) bond motifs is 2. The van der Waals surface area contributed by atoms with Crippen LogP contribution >= 0.6 is 0 Å². The highest BCUT2D eigenvalue weighted by Crippen LogP contribution is 2.46. The topological polar surface area (TPSA) is 101 Å². The molecule has 5 rings (SSSR count). The largest absolute Gasteiger partial charge is 0.331 e. The first-order valence-corrected chi connectivity index (χ1v) is 8.57. The van der Waals surface area contributed by atoms with Crippen LogP contribution in [0.5, 0.6) is 0 Å². The molecule has 128 valence electrons. The van der Waals surface area contributed by atoms with Crippen molar-refractivity contribution in [2.75, 3.05) is 6.54 Å². The Labute approximate surface area is 146 Å². The molecule has 3 fully saturated rings. The Morgan fingerprint density at radius 1 is 1.36 bits per heavy atom. The molecule has 1 amide bonds. The molecule has 0 radical (unpaired) electrons. The Bertz CT molecular complexity index is 834. The summed E-state index contributed by atoms with van der Waals surface area (Å²) in [6, 6.07) is 7.41. The van der Waals surface area contributed by atoms with Crippen molar-refractivity contribution >= 4 is 5.91 Å². The van der Waals surface area contributed by atoms with E-state index in [-0.39, 0.29) is 18.0 Å². The summed E-state index contributed by atoms with van der Waals surface area (Å²) in [6.07, 6.45) is 5.21. The summed E-state index contributed by atoms with van der Waals surface area (Å²) in [5.74, 6) is 0.972. The highest BCUT2D eigenvalue weighted by atomic mass is 16.2. The quantitative estimate of drug-likeness (QED) is 0.911. The lowest BCUT2D eigenvalue weighted by molar-refractivity contribution is -0.0514. The van der Waals surface area contributed by atoms with Gasteiger partial charge >= 0.3 is 0 Å². The summed E-state index contributed by atoms with van der Waals surface area (Å²) in [5, 5.41) is 17.5. The van der Waals surface area contributed by atoms with Crippen molar-refractivity contribution in [2.24, 2.45) is 17.6 Å². The van der Waals surface area contributed by atoms with Crippen LogP contribution in [0.25, 0.3) is 5.69 Å². The lowest BCUT2D eigenvalue weighted by Crippen LogP contribution is -2.64. The van der Waals surface area contributed by atoms with Gasteiger partial charge in [0, 0.05) is 18.6 Å². The molecule has 1 aromatic heterocycles. The van der Waals surface area contributed by atoms with Gasteiger partial charge in [0.25, 0.3) is 5.91 Å². The summed E-state index contributed by atoms with van der Waals surface area (Å²) in [6.45, 7) is 2.63. The first-order valence-electron chi connectivity index (χ1n) is 8.57. The first kappa shape index (κ1) is 15.8. The molecule has 3 heterocycles. The van der Waals surface area contributed by atoms with Crippen LogP contribution in [0.15, 0.2) is 30.6 Å². The molecule has 1 aromatic carbocycles. The monoisotopic (exact) mass is 336 g/mol. The molecule has 2 bridgehead atoms. The van der Waals surface area contributed by atoms with Crippen LogP contribution in [0.1, 0.15) is 35.7 Å². The summed E-state index contributed by atoms with van der Waals surface area (Å²) in [7, 11) is 0. The highest BCUT2D eigenvalue weighted by molar-refractivity contribution is 5.98. The number of nitrogens with two attached hydrogens (primary N) is 1. The van der Waals surface area contributed by atoms with Gasteiger partial charge in [0.15, 0.2) is 0 Å². The zero-order valence-electron chi connectivity index (χ0n) is 14.0. The van der Waals surface area contributed by atoms with Crippen molar-refractivity contribution in [3.8, 4) is 11.8 Å². The van der Waals surface area contributed by atoms with Gasteiger partial charge in [-0.3, -0.25) is 4.79 Å². The number of benzene rings is 1. The second kappa shape index (κ2) is 5.97. The van der Waals surface area contributed by atoms with Crippen molar-refractivity contribution < 1.29 is 4.79 Å². The van der Waals surface area contributed by atoms with Crippen LogP contribution in [-0.4, -0.2) is 44.4 Å². The molecule has 2 aromatic rings. The number of aromatic nitrogens is 3. The molecule has 0 spiro atoms. The number of rotatable bonds is 3. The van der Waals surface area contributed by atoms with E-state index in [9.17, 15) is 10.1 Å². The second-order valence-electron chi connectivity index (χ2n) is 6.92. The molecule has 2 atom stereocenters. The lowest BCUT2D eigenvalue weighted by atomic mass is 9.64. The van der Waals surface area contributed by atoms with E-state index in [2.05, 4.69) is 23.2 Å². The standard InChI is InChI=1S/C18H20N6O/c1-11-13-7-14(8-13)23(17(11)10-20)18(25)15-6-12(9-19)2-3-16(15)24-21-4-5-22-24/h2-6,11,13-14,17H,7-8,10,20H2,1H3/t11-,13?,14?,17-/m1/s1. The smallest absolute Gasteiger partial charge is 0.256 e. The van der Waals surface area contributed by atoms with Gasteiger partial charge in [-0.15, -0.1) is 0 Å². The van der Waals surface area contributed by atoms with Crippen LogP contribution in [-0.2, 0) is 0 Å². The van der Waals surface area contributed by atoms with Gasteiger partial charge in [0.2, 0.25) is 0 Å². The van der Waals surface area contributed by atoms with E-state index >= 15 is 0 Å². The zero-order valence-corrected chi connectivity index (χ0v) is 14.0. The van der Waals surface area contributed by atoms with Gasteiger partial charge in [0.1, 0.15) is 0 Å². The molecular weight excluding hydrogens is 316 g/mol. The maximum Gasteiger partial charge on any atom is 0.256 e. The third kappa shape index (κ3) is 2.41. The predicted octanol–water partition coefficient (Wildman–Crippen LogP) is 1.34. The fourth-order valence-electron chi connectivity index (χ4n) is 4.20. The molecule has 7 heteroatoms. The van der Waals surface area contributed by atoms with E-state index in [4.69, 9.17) is 5.73 Å². The van der Waals surface area contributed by atoms with E-state index in [0.717, 1.165) is 12.8 Å². The number of piperidine rings is 2. The first-order chi connectivity index (χ1) is 12.1. The maximum atomic E-state index is 13.4. The van der Waals surface area contributed by atoms with Crippen LogP contribution in [0, 0.1) is 23.2 Å². The minimum atomic E-state index is -0.0881. The van der Waals surface area contributed by atoms with Gasteiger partial charge < -0.3 is 10.6 Å². The Kier molecular flexibility index (Phi) is 3.77. The molecule has 25 heavy (non-hydrogen) atoms. The zero-order chi connectivity index (χ0) is 17.6. The molecule has 1 aliphatic carbocycles. The SMILES string of the molecule is C[C@@H]1C2CC(C2)N(C(=O)c2cc(C#N)ccc2-n2nccn2)[C@@H]1CN. The average molecular weight is 336 g/mol. The number of hydrogen-bond acceptors (Lipinski definition) is 5. The third-order valence-electron chi connectivity index (χ3n) is 5.72. The molecule has 7 nitrogen and oxygen atoms in total. The van der Waals surface area contributed by atoms with Crippen LogP contribution in [0.3, 0.4) is 0 Å². The van der Waals surface area contributed by atoms with Crippen LogP contribution in [0.2, 0.25) is 0 Å². The average Bonchev–Trinajstić information content (AvgIpc) is 3.13. The fraction of sp³-hybridized carbons (Fsp3) is 0.444. The van der Waals surface area contributed by atoms with Crippen molar-refractivity contribution in [3.63, 3.8) is 0 Å². The fourth-order valence-corrected chi connectivity index (χ4v) is 4.20. The molecule has 2 aliphatic heterocycles. The summed E-state index contributed by atoms with van der Waals surface area (Å²) in [5.41, 5.74) is 7.47. The molecule has 2 N–H and O–H groups in total. The minimum Gasteiger partial charge on any atom is -0.331 e. The summed E-state index contributed by atoms with van der Waals surface area (Å²) >= 11 is 0. The predicted molar refractivity (Wildman–Crippen MR) is 90.8 cm³/mol. The van der Waals surface area contributed by atoms with Crippen LogP contribution < -0.4 is 5.73 Å². The number of amides is 1. The van der Waals surface area contributed by atoms with Gasteiger partial charge in [-0.1, -0.05) is 6.92 Å². The molecule has 0 unspecified atom stereocenters. The molecule has 1 saturated carbocycles. The lowest BCUT2D eigenvalue weighted by Gasteiger charge is -2.57. The Morgan fingerprint density at radius 2 is 2.08 bits per heavy atom. The Balaban J connectivity index is 1.78. The second-order valence-corrected chi connectivity index (χ2v) is 6.92. The van der Waals surface area contributed by atoms with Crippen molar-refractivity contribution in [3.05, 3.63) is 41.7 Å². The maximum absolute atomic E-state index is 13.4. The Morgan fingerprint density at radius 3 is 2.72 bits per heavy atom. The van der Waals surface area contributed by atoms with Crippen molar-refractivity contribution in [2.45, 2.75) is 31.8 Å². The van der Waals surface area contributed by atoms with E-state index in [0.29, 0.717) is 35.2 Å². The van der Waals surface area contributed by atoms with Gasteiger partial charge in [-0.05, 0) is 42.9 Å². The molecular formula is C18H20N6O. The van der Waals surface area contributed by atoms with E-state index in [1.165, 1.54) is 4.80 Å². The minimum absolute atomic E-state index is 0.0363.